The number of anilines is 1. The van der Waals surface area contributed by atoms with E-state index in [4.69, 9.17) is 4.98 Å². The monoisotopic (exact) mass is 362 g/mol. The molecule has 4 aromatic rings. The number of aromatic nitrogens is 6. The van der Waals surface area contributed by atoms with Crippen molar-refractivity contribution < 1.29 is 4.79 Å². The third-order valence-electron chi connectivity index (χ3n) is 3.95. The molecule has 4 rings (SSSR count). The molecule has 0 aliphatic rings. The number of nitrogens with zero attached hydrogens (tertiary/aromatic N) is 6. The van der Waals surface area contributed by atoms with E-state index >= 15 is 0 Å². The summed E-state index contributed by atoms with van der Waals surface area (Å²) in [5.74, 6) is 1.12. The maximum absolute atomic E-state index is 11.8. The Morgan fingerprint density at radius 2 is 2.07 bits per heavy atom. The van der Waals surface area contributed by atoms with Crippen molar-refractivity contribution in [3.05, 3.63) is 49.2 Å². The van der Waals surface area contributed by atoms with E-state index < -0.39 is 0 Å². The molecule has 136 valence electrons. The number of carbonyl (C=O) groups is 1. The summed E-state index contributed by atoms with van der Waals surface area (Å²) in [5.41, 5.74) is 3.13. The molecule has 4 aromatic heterocycles. The standard InChI is InChI=1S/C18H18N8O/c1-3-20-18(27)24-15-11-26-16(23-15)7-14(12-5-4-6-19-8-12)22-17(26)13-9-21-25(2)10-13/h4-11H,3H2,1-2H3,(H2,20,24,27). The third-order valence-corrected chi connectivity index (χ3v) is 3.95. The fraction of sp³-hybridized carbons (Fsp3) is 0.167. The van der Waals surface area contributed by atoms with Gasteiger partial charge in [0.05, 0.1) is 23.7 Å². The molecular formula is C18H18N8O. The van der Waals surface area contributed by atoms with Gasteiger partial charge < -0.3 is 5.32 Å². The lowest BCUT2D eigenvalue weighted by Crippen LogP contribution is -2.28. The van der Waals surface area contributed by atoms with Crippen molar-refractivity contribution in [2.75, 3.05) is 11.9 Å². The van der Waals surface area contributed by atoms with Crippen LogP contribution in [0.25, 0.3) is 28.3 Å². The molecule has 9 nitrogen and oxygen atoms in total. The number of rotatable bonds is 4. The van der Waals surface area contributed by atoms with Crippen LogP contribution in [0.5, 0.6) is 0 Å². The Bertz CT molecular complexity index is 1100. The van der Waals surface area contributed by atoms with Crippen LogP contribution in [0, 0.1) is 0 Å². The first-order chi connectivity index (χ1) is 13.1. The zero-order chi connectivity index (χ0) is 18.8. The third kappa shape index (κ3) is 3.34. The number of imidazole rings is 1. The van der Waals surface area contributed by atoms with Gasteiger partial charge in [0.15, 0.2) is 5.82 Å². The van der Waals surface area contributed by atoms with Gasteiger partial charge >= 0.3 is 6.03 Å². The largest absolute Gasteiger partial charge is 0.338 e. The minimum absolute atomic E-state index is 0.302. The first-order valence-electron chi connectivity index (χ1n) is 8.48. The number of nitrogens with one attached hydrogen (secondary N) is 2. The number of urea groups is 1. The molecule has 0 fully saturated rings. The van der Waals surface area contributed by atoms with Crippen molar-refractivity contribution in [3.63, 3.8) is 0 Å². The molecule has 0 aliphatic heterocycles. The first-order valence-corrected chi connectivity index (χ1v) is 8.48. The van der Waals surface area contributed by atoms with Crippen LogP contribution in [0.1, 0.15) is 6.92 Å². The number of carbonyl (C=O) groups excluding carboxylic acids is 1. The summed E-state index contributed by atoms with van der Waals surface area (Å²) in [6.07, 6.45) is 8.83. The molecule has 0 bridgehead atoms. The maximum atomic E-state index is 11.8. The van der Waals surface area contributed by atoms with Crippen molar-refractivity contribution >= 4 is 17.5 Å². The number of hydrogen-bond donors (Lipinski definition) is 2. The minimum atomic E-state index is -0.302. The number of amides is 2. The van der Waals surface area contributed by atoms with Crippen LogP contribution >= 0.6 is 0 Å². The van der Waals surface area contributed by atoms with Gasteiger partial charge in [0.2, 0.25) is 0 Å². The summed E-state index contributed by atoms with van der Waals surface area (Å²) in [5, 5.41) is 9.65. The summed E-state index contributed by atoms with van der Waals surface area (Å²) >= 11 is 0. The highest BCUT2D eigenvalue weighted by Crippen LogP contribution is 2.25. The zero-order valence-electron chi connectivity index (χ0n) is 14.9. The van der Waals surface area contributed by atoms with Gasteiger partial charge in [-0.05, 0) is 19.1 Å². The second kappa shape index (κ2) is 6.87. The Hall–Kier alpha value is -3.75. The summed E-state index contributed by atoms with van der Waals surface area (Å²) in [4.78, 5) is 25.3. The lowest BCUT2D eigenvalue weighted by molar-refractivity contribution is 0.252. The summed E-state index contributed by atoms with van der Waals surface area (Å²) in [6.45, 7) is 2.39. The van der Waals surface area contributed by atoms with Gasteiger partial charge in [-0.15, -0.1) is 0 Å². The van der Waals surface area contributed by atoms with Crippen LogP contribution in [0.15, 0.2) is 49.2 Å². The highest BCUT2D eigenvalue weighted by atomic mass is 16.2. The molecule has 4 heterocycles. The Morgan fingerprint density at radius 1 is 1.19 bits per heavy atom. The van der Waals surface area contributed by atoms with Gasteiger partial charge in [0, 0.05) is 43.8 Å². The summed E-state index contributed by atoms with van der Waals surface area (Å²) < 4.78 is 3.54. The average molecular weight is 362 g/mol. The highest BCUT2D eigenvalue weighted by molar-refractivity contribution is 5.88. The molecule has 0 atom stereocenters. The van der Waals surface area contributed by atoms with Gasteiger partial charge in [0.1, 0.15) is 11.5 Å². The first kappa shape index (κ1) is 16.7. The topological polar surface area (TPSA) is 102 Å². The van der Waals surface area contributed by atoms with Crippen molar-refractivity contribution in [1.29, 1.82) is 0 Å². The number of fused-ring (bicyclic) bond motifs is 1. The molecule has 2 amide bonds. The van der Waals surface area contributed by atoms with E-state index in [9.17, 15) is 4.79 Å². The molecule has 0 aliphatic carbocycles. The lowest BCUT2D eigenvalue weighted by Gasteiger charge is -2.06. The van der Waals surface area contributed by atoms with E-state index in [1.165, 1.54) is 0 Å². The van der Waals surface area contributed by atoms with Gasteiger partial charge in [-0.3, -0.25) is 19.4 Å². The van der Waals surface area contributed by atoms with Crippen molar-refractivity contribution in [2.45, 2.75) is 6.92 Å². The Kier molecular flexibility index (Phi) is 4.25. The molecule has 9 heteroatoms. The zero-order valence-corrected chi connectivity index (χ0v) is 14.9. The average Bonchev–Trinajstić information content (AvgIpc) is 3.27. The predicted octanol–water partition coefficient (Wildman–Crippen LogP) is 2.33. The van der Waals surface area contributed by atoms with Crippen LogP contribution in [0.2, 0.25) is 0 Å². The minimum Gasteiger partial charge on any atom is -0.338 e. The molecule has 2 N–H and O–H groups in total. The second-order valence-electron chi connectivity index (χ2n) is 5.95. The number of aryl methyl sites for hydroxylation is 1. The molecule has 0 aromatic carbocycles. The van der Waals surface area contributed by atoms with Crippen LogP contribution in [-0.4, -0.2) is 41.7 Å². The Balaban J connectivity index is 1.86. The van der Waals surface area contributed by atoms with Gasteiger partial charge in [-0.2, -0.15) is 5.10 Å². The molecule has 27 heavy (non-hydrogen) atoms. The highest BCUT2D eigenvalue weighted by Gasteiger charge is 2.14. The van der Waals surface area contributed by atoms with E-state index in [2.05, 4.69) is 25.7 Å². The van der Waals surface area contributed by atoms with E-state index in [1.807, 2.05) is 42.8 Å². The summed E-state index contributed by atoms with van der Waals surface area (Å²) in [6, 6.07) is 5.36. The number of hydrogen-bond acceptors (Lipinski definition) is 5. The van der Waals surface area contributed by atoms with Crippen molar-refractivity contribution in [2.24, 2.45) is 7.05 Å². The molecule has 0 spiro atoms. The van der Waals surface area contributed by atoms with E-state index in [0.29, 0.717) is 23.8 Å². The Labute approximate surface area is 155 Å². The lowest BCUT2D eigenvalue weighted by atomic mass is 10.2. The van der Waals surface area contributed by atoms with Crippen LogP contribution in [0.4, 0.5) is 10.6 Å². The normalized spacial score (nSPS) is 10.9. The van der Waals surface area contributed by atoms with Crippen molar-refractivity contribution in [3.8, 4) is 22.6 Å². The quantitative estimate of drug-likeness (QED) is 0.580. The smallest absolute Gasteiger partial charge is 0.320 e. The van der Waals surface area contributed by atoms with Gasteiger partial charge in [-0.25, -0.2) is 14.8 Å². The fourth-order valence-corrected chi connectivity index (χ4v) is 2.77. The van der Waals surface area contributed by atoms with E-state index in [0.717, 1.165) is 16.8 Å². The van der Waals surface area contributed by atoms with Gasteiger partial charge in [0.25, 0.3) is 0 Å². The molecule has 0 saturated carbocycles. The van der Waals surface area contributed by atoms with Crippen LogP contribution in [0.3, 0.4) is 0 Å². The van der Waals surface area contributed by atoms with Gasteiger partial charge in [-0.1, -0.05) is 0 Å². The second-order valence-corrected chi connectivity index (χ2v) is 5.95. The molecule has 0 unspecified atom stereocenters. The molecule has 0 radical (unpaired) electrons. The SMILES string of the molecule is CCNC(=O)Nc1cn2c(-c3cnn(C)c3)nc(-c3cccnc3)cc2n1. The van der Waals surface area contributed by atoms with Crippen LogP contribution in [-0.2, 0) is 7.05 Å². The molecular weight excluding hydrogens is 344 g/mol. The predicted molar refractivity (Wildman–Crippen MR) is 101 cm³/mol. The Morgan fingerprint density at radius 3 is 2.78 bits per heavy atom. The van der Waals surface area contributed by atoms with E-state index in [-0.39, 0.29) is 6.03 Å². The fourth-order valence-electron chi connectivity index (χ4n) is 2.77. The van der Waals surface area contributed by atoms with Crippen molar-refractivity contribution in [1.82, 2.24) is 34.4 Å². The summed E-state index contributed by atoms with van der Waals surface area (Å²) in [7, 11) is 1.85. The van der Waals surface area contributed by atoms with Crippen LogP contribution < -0.4 is 10.6 Å². The number of pyridine rings is 1. The maximum Gasteiger partial charge on any atom is 0.320 e. The van der Waals surface area contributed by atoms with E-state index in [1.54, 1.807) is 29.5 Å². The molecule has 0 saturated heterocycles.